The molecule has 0 aliphatic carbocycles. The highest BCUT2D eigenvalue weighted by atomic mass is 16.3. The van der Waals surface area contributed by atoms with E-state index in [2.05, 4.69) is 9.97 Å². The zero-order valence-electron chi connectivity index (χ0n) is 61.8. The Morgan fingerprint density at radius 1 is 0.365 bits per heavy atom. The van der Waals surface area contributed by atoms with Crippen molar-refractivity contribution in [2.45, 2.75) is 0 Å². The van der Waals surface area contributed by atoms with Crippen LogP contribution in [0.1, 0.15) is 41.1 Å². The van der Waals surface area contributed by atoms with Gasteiger partial charge in [-0.3, -0.25) is 4.98 Å². The molecule has 3 aromatic heterocycles. The van der Waals surface area contributed by atoms with Crippen LogP contribution in [0.5, 0.6) is 0 Å². The Morgan fingerprint density at radius 2 is 0.937 bits per heavy atom. The number of aromatic nitrogens is 2. The maximum Gasteiger partial charge on any atom is 0.143 e. The molecule has 292 valence electrons. The predicted molar refractivity (Wildman–Crippen MR) is 263 cm³/mol. The zero-order chi connectivity index (χ0) is 67.5. The van der Waals surface area contributed by atoms with Crippen LogP contribution >= 0.6 is 0 Å². The van der Waals surface area contributed by atoms with Crippen molar-refractivity contribution in [1.82, 2.24) is 9.97 Å². The number of nitrogens with zero attached hydrogens (tertiary/aromatic N) is 2. The fourth-order valence-corrected chi connectivity index (χ4v) is 7.97. The minimum absolute atomic E-state index is 0.0283. The first-order valence-corrected chi connectivity index (χ1v) is 19.0. The van der Waals surface area contributed by atoms with E-state index >= 15 is 0 Å². The smallest absolute Gasteiger partial charge is 0.143 e. The molecule has 0 saturated heterocycles. The van der Waals surface area contributed by atoms with Gasteiger partial charge in [0.2, 0.25) is 0 Å². The van der Waals surface area contributed by atoms with Gasteiger partial charge in [-0.05, 0) is 83.5 Å². The maximum atomic E-state index is 10.0. The lowest BCUT2D eigenvalue weighted by Gasteiger charge is -2.14. The molecule has 0 aliphatic rings. The first-order valence-electron chi connectivity index (χ1n) is 34.0. The van der Waals surface area contributed by atoms with Crippen LogP contribution in [-0.4, -0.2) is 9.97 Å². The van der Waals surface area contributed by atoms with Crippen molar-refractivity contribution in [3.05, 3.63) is 218 Å². The van der Waals surface area contributed by atoms with Gasteiger partial charge in [0.1, 0.15) is 11.5 Å². The lowest BCUT2D eigenvalue weighted by Crippen LogP contribution is -1.91. The van der Waals surface area contributed by atoms with Gasteiger partial charge in [0.15, 0.2) is 0 Å². The third-order valence-electron chi connectivity index (χ3n) is 10.7. The van der Waals surface area contributed by atoms with Crippen molar-refractivity contribution in [1.29, 1.82) is 0 Å². The summed E-state index contributed by atoms with van der Waals surface area (Å²) in [4.78, 5) is 8.81. The van der Waals surface area contributed by atoms with E-state index in [1.807, 2.05) is 0 Å². The molecule has 13 aromatic rings. The molecule has 3 nitrogen and oxygen atoms in total. The van der Waals surface area contributed by atoms with Crippen LogP contribution < -0.4 is 0 Å². The quantitative estimate of drug-likeness (QED) is 0.157. The molecule has 0 aliphatic heterocycles. The Morgan fingerprint density at radius 3 is 1.71 bits per heavy atom. The van der Waals surface area contributed by atoms with E-state index in [1.165, 1.54) is 18.2 Å². The highest BCUT2D eigenvalue weighted by molar-refractivity contribution is 6.26. The summed E-state index contributed by atoms with van der Waals surface area (Å²) >= 11 is 0. The first kappa shape index (κ1) is 16.8. The monoisotopic (exact) mass is 830 g/mol. The Balaban J connectivity index is 1.18. The lowest BCUT2D eigenvalue weighted by molar-refractivity contribution is 0.599. The predicted octanol–water partition coefficient (Wildman–Crippen LogP) is 16.4. The largest absolute Gasteiger partial charge is 0.455 e. The SMILES string of the molecule is [2H]c1nc2c(c([2H])c1[2H])c([2H])c([2H])c1c([2H])c([2H])c(-c3ccc(-c4c([2H])c([2H])c(-c5c(-c6c([2H])c([2H])c([2H])c([2H])c6[2H])oc(-c6c([2H])c([2H])c7c([2H])c([2H])c8c([2H])c([2H])c([2H])c9c([2H])c([2H])c6c7c89)c5-c5c([2H])c([2H])c([2H])c([2H])c5[2H])c([2H])c4[2H])c4ccccc34)nc12. The van der Waals surface area contributed by atoms with Crippen LogP contribution in [0.3, 0.4) is 0 Å². The average Bonchev–Trinajstić information content (AvgIpc) is 1.57. The molecule has 0 fully saturated rings. The summed E-state index contributed by atoms with van der Waals surface area (Å²) < 4.78 is 281. The molecule has 0 radical (unpaired) electrons. The van der Waals surface area contributed by atoms with Crippen molar-refractivity contribution in [3.8, 4) is 67.3 Å². The maximum absolute atomic E-state index is 10.0. The van der Waals surface area contributed by atoms with E-state index in [0.29, 0.717) is 0 Å². The fraction of sp³-hybridized carbons (Fsp3) is 0. The molecule has 0 unspecified atom stereocenters. The Labute approximate surface area is 405 Å². The van der Waals surface area contributed by atoms with Crippen molar-refractivity contribution in [3.63, 3.8) is 0 Å². The van der Waals surface area contributed by atoms with Crippen LogP contribution in [0.4, 0.5) is 0 Å². The number of furan rings is 1. The van der Waals surface area contributed by atoms with Gasteiger partial charge in [0.05, 0.1) is 57.9 Å². The van der Waals surface area contributed by atoms with Crippen LogP contribution in [0, 0.1) is 0 Å². The van der Waals surface area contributed by atoms with Crippen molar-refractivity contribution >= 4 is 64.9 Å². The van der Waals surface area contributed by atoms with Crippen LogP contribution in [0.2, 0.25) is 0 Å². The molecule has 0 amide bonds. The van der Waals surface area contributed by atoms with Gasteiger partial charge in [-0.25, -0.2) is 4.98 Å². The van der Waals surface area contributed by atoms with E-state index in [0.717, 1.165) is 0 Å². The summed E-state index contributed by atoms with van der Waals surface area (Å²) in [7, 11) is 0. The van der Waals surface area contributed by atoms with Gasteiger partial charge in [-0.1, -0.05) is 194 Å². The second kappa shape index (κ2) is 14.1. The molecular weight excluding hydrogens is 765 g/mol. The first-order chi connectivity index (χ1) is 43.7. The fourth-order valence-electron chi connectivity index (χ4n) is 7.97. The Kier molecular flexibility index (Phi) is 3.76. The zero-order valence-corrected chi connectivity index (χ0v) is 31.8. The molecule has 0 saturated carbocycles. The number of fused-ring (bicyclic) bond motifs is 4. The van der Waals surface area contributed by atoms with Gasteiger partial charge in [0, 0.05) is 44.8 Å². The van der Waals surface area contributed by atoms with Gasteiger partial charge in [-0.15, -0.1) is 0 Å². The lowest BCUT2D eigenvalue weighted by atomic mass is 9.87. The topological polar surface area (TPSA) is 38.9 Å². The summed E-state index contributed by atoms with van der Waals surface area (Å²) in [6, 6.07) is -16.3. The average molecular weight is 831 g/mol. The van der Waals surface area contributed by atoms with Crippen molar-refractivity contribution in [2.24, 2.45) is 0 Å². The molecular formula is C60H36N2O. The van der Waals surface area contributed by atoms with Crippen LogP contribution in [0.15, 0.2) is 222 Å². The summed E-state index contributed by atoms with van der Waals surface area (Å²) in [6.07, 6.45) is -0.660. The molecule has 10 aromatic carbocycles. The highest BCUT2D eigenvalue weighted by Crippen LogP contribution is 2.51. The summed E-state index contributed by atoms with van der Waals surface area (Å²) in [5.41, 5.74) is -6.29. The molecule has 0 atom stereocenters. The van der Waals surface area contributed by atoms with Crippen LogP contribution in [-0.2, 0) is 0 Å². The highest BCUT2D eigenvalue weighted by Gasteiger charge is 2.27. The van der Waals surface area contributed by atoms with Crippen molar-refractivity contribution < 1.29 is 45.5 Å². The Hall–Kier alpha value is -8.40. The number of pyridine rings is 2. The summed E-state index contributed by atoms with van der Waals surface area (Å²) in [6.45, 7) is 0. The van der Waals surface area contributed by atoms with Gasteiger partial charge in [0.25, 0.3) is 0 Å². The van der Waals surface area contributed by atoms with Gasteiger partial charge >= 0.3 is 0 Å². The minimum Gasteiger partial charge on any atom is -0.455 e. The third-order valence-corrected chi connectivity index (χ3v) is 10.7. The Bertz CT molecular complexity index is 5590. The van der Waals surface area contributed by atoms with Crippen molar-refractivity contribution in [2.75, 3.05) is 0 Å². The standard InChI is InChI=1S/C60H36N2O/c1-3-11-38(12-4-1)56-55(59(45-13-5-2-6-14-45)63-60(56)51-32-29-41-25-24-39-15-9-16-40-28-31-50(51)54(41)53(39)40)42-22-20-37(21-23-42)46-33-34-49(48-19-8-7-18-47(46)48)52-35-30-44-27-26-43-17-10-36-61-57(43)58(44)62-52/h1-36H/i1D,2D,3D,4D,5D,6D,9D,10D,11D,12D,13D,14D,15D,16D,17D,20D,21D,22D,23D,24D,25D,26D,27D,28D,29D,30D,31D,32D,35D,36D. The van der Waals surface area contributed by atoms with E-state index in [4.69, 9.17) is 26.3 Å². The molecule has 3 heterocycles. The molecule has 3 heteroatoms. The molecule has 0 bridgehead atoms. The molecule has 0 N–H and O–H groups in total. The summed E-state index contributed by atoms with van der Waals surface area (Å²) in [5.74, 6) is -1.93. The number of hydrogen-bond donors (Lipinski definition) is 0. The van der Waals surface area contributed by atoms with E-state index in [1.54, 1.807) is 18.2 Å². The van der Waals surface area contributed by atoms with Gasteiger partial charge in [-0.2, -0.15) is 0 Å². The third kappa shape index (κ3) is 5.60. The van der Waals surface area contributed by atoms with E-state index < -0.39 is 259 Å². The van der Waals surface area contributed by atoms with E-state index in [9.17, 15) is 19.2 Å². The number of hydrogen-bond acceptors (Lipinski definition) is 3. The van der Waals surface area contributed by atoms with Gasteiger partial charge < -0.3 is 4.42 Å². The summed E-state index contributed by atoms with van der Waals surface area (Å²) in [5, 5.41) is -3.11. The molecule has 63 heavy (non-hydrogen) atoms. The molecule has 13 rings (SSSR count). The van der Waals surface area contributed by atoms with E-state index in [-0.39, 0.29) is 54.8 Å². The number of benzene rings is 10. The molecule has 0 spiro atoms. The normalized spacial score (nSPS) is 18.5. The van der Waals surface area contributed by atoms with Crippen LogP contribution in [0.25, 0.3) is 132 Å². The second-order valence-corrected chi connectivity index (χ2v) is 14.1. The number of rotatable bonds is 6. The second-order valence-electron chi connectivity index (χ2n) is 14.1. The minimum atomic E-state index is -1.07.